The summed E-state index contributed by atoms with van der Waals surface area (Å²) in [5.74, 6) is -0.312. The molecule has 0 heterocycles. The molecule has 130 valence electrons. The number of alkyl carbamates (subject to hydrolysis) is 1. The second-order valence-electron chi connectivity index (χ2n) is 8.97. The summed E-state index contributed by atoms with van der Waals surface area (Å²) >= 11 is 0. The van der Waals surface area contributed by atoms with E-state index >= 15 is 0 Å². The zero-order valence-corrected chi connectivity index (χ0v) is 14.1. The average molecular weight is 325 g/mol. The van der Waals surface area contributed by atoms with Gasteiger partial charge in [0, 0.05) is 5.41 Å². The number of amides is 1. The highest BCUT2D eigenvalue weighted by Crippen LogP contribution is 2.62. The van der Waals surface area contributed by atoms with Crippen LogP contribution in [0.1, 0.15) is 59.3 Å². The van der Waals surface area contributed by atoms with Gasteiger partial charge in [0.25, 0.3) is 0 Å². The summed E-state index contributed by atoms with van der Waals surface area (Å²) in [5.41, 5.74) is -1.98. The van der Waals surface area contributed by atoms with Crippen LogP contribution in [0.5, 0.6) is 0 Å². The lowest BCUT2D eigenvalue weighted by Gasteiger charge is -2.61. The van der Waals surface area contributed by atoms with Crippen molar-refractivity contribution in [3.63, 3.8) is 0 Å². The Kier molecular flexibility index (Phi) is 3.67. The number of hydrogen-bond donors (Lipinski definition) is 3. The molecule has 4 aliphatic rings. The Hall–Kier alpha value is -1.30. The molecule has 3 atom stereocenters. The molecule has 0 radical (unpaired) electrons. The van der Waals surface area contributed by atoms with Gasteiger partial charge in [-0.15, -0.1) is 0 Å². The number of rotatable bonds is 3. The Morgan fingerprint density at radius 1 is 1.17 bits per heavy atom. The molecule has 0 unspecified atom stereocenters. The van der Waals surface area contributed by atoms with Crippen LogP contribution in [-0.4, -0.2) is 39.5 Å². The number of carbonyl (C=O) groups excluding carboxylic acids is 1. The van der Waals surface area contributed by atoms with Gasteiger partial charge in [-0.3, -0.25) is 0 Å². The van der Waals surface area contributed by atoms with E-state index in [1.165, 1.54) is 0 Å². The molecule has 6 nitrogen and oxygen atoms in total. The van der Waals surface area contributed by atoms with Gasteiger partial charge in [-0.25, -0.2) is 9.59 Å². The second kappa shape index (κ2) is 5.10. The van der Waals surface area contributed by atoms with E-state index in [2.05, 4.69) is 5.32 Å². The minimum absolute atomic E-state index is 0.364. The van der Waals surface area contributed by atoms with E-state index < -0.39 is 34.7 Å². The van der Waals surface area contributed by atoms with Gasteiger partial charge in [-0.05, 0) is 71.1 Å². The third-order valence-electron chi connectivity index (χ3n) is 5.60. The lowest BCUT2D eigenvalue weighted by atomic mass is 9.46. The number of nitrogens with one attached hydrogen (secondary N) is 1. The fourth-order valence-corrected chi connectivity index (χ4v) is 5.52. The summed E-state index contributed by atoms with van der Waals surface area (Å²) in [4.78, 5) is 24.0. The first kappa shape index (κ1) is 16.6. The fraction of sp³-hybridized carbons (Fsp3) is 0.882. The largest absolute Gasteiger partial charge is 0.480 e. The van der Waals surface area contributed by atoms with E-state index in [0.717, 1.165) is 32.1 Å². The Labute approximate surface area is 136 Å². The summed E-state index contributed by atoms with van der Waals surface area (Å²) in [5, 5.41) is 23.1. The summed E-state index contributed by atoms with van der Waals surface area (Å²) in [6, 6.07) is -1.00. The number of aliphatic carboxylic acids is 1. The third kappa shape index (κ3) is 3.18. The summed E-state index contributed by atoms with van der Waals surface area (Å²) < 4.78 is 5.23. The number of carbonyl (C=O) groups is 2. The lowest BCUT2D eigenvalue weighted by Crippen LogP contribution is -2.64. The first-order valence-corrected chi connectivity index (χ1v) is 8.45. The number of ether oxygens (including phenoxy) is 1. The SMILES string of the molecule is CC(C)(C)OC(=O)N[C@@H](C(=O)O)C12C[C@H]3C[C@@H](CC(O)(C3)C1)C2. The van der Waals surface area contributed by atoms with E-state index in [0.29, 0.717) is 18.3 Å². The smallest absolute Gasteiger partial charge is 0.408 e. The molecule has 0 aliphatic heterocycles. The van der Waals surface area contributed by atoms with E-state index in [-0.39, 0.29) is 0 Å². The van der Waals surface area contributed by atoms with Crippen LogP contribution in [0.15, 0.2) is 0 Å². The van der Waals surface area contributed by atoms with Gasteiger partial charge in [0.05, 0.1) is 5.60 Å². The molecule has 4 aliphatic carbocycles. The minimum atomic E-state index is -1.04. The van der Waals surface area contributed by atoms with Gasteiger partial charge < -0.3 is 20.3 Å². The van der Waals surface area contributed by atoms with Crippen molar-refractivity contribution in [3.8, 4) is 0 Å². The predicted octanol–water partition coefficient (Wildman–Crippen LogP) is 2.30. The lowest BCUT2D eigenvalue weighted by molar-refractivity contribution is -0.182. The van der Waals surface area contributed by atoms with Crippen molar-refractivity contribution < 1.29 is 24.5 Å². The molecule has 0 spiro atoms. The topological polar surface area (TPSA) is 95.9 Å². The molecular weight excluding hydrogens is 298 g/mol. The normalized spacial score (nSPS) is 39.8. The van der Waals surface area contributed by atoms with Crippen molar-refractivity contribution in [3.05, 3.63) is 0 Å². The molecule has 0 aromatic carbocycles. The molecule has 0 saturated heterocycles. The highest BCUT2D eigenvalue weighted by atomic mass is 16.6. The highest BCUT2D eigenvalue weighted by molar-refractivity contribution is 5.81. The van der Waals surface area contributed by atoms with Crippen LogP contribution >= 0.6 is 0 Å². The van der Waals surface area contributed by atoms with Crippen molar-refractivity contribution in [2.75, 3.05) is 0 Å². The van der Waals surface area contributed by atoms with Crippen molar-refractivity contribution in [2.24, 2.45) is 17.3 Å². The van der Waals surface area contributed by atoms with E-state index in [4.69, 9.17) is 4.74 Å². The molecule has 6 heteroatoms. The zero-order valence-electron chi connectivity index (χ0n) is 14.1. The van der Waals surface area contributed by atoms with E-state index in [1.54, 1.807) is 20.8 Å². The molecule has 4 bridgehead atoms. The van der Waals surface area contributed by atoms with Gasteiger partial charge in [0.1, 0.15) is 11.6 Å². The van der Waals surface area contributed by atoms with Crippen molar-refractivity contribution in [2.45, 2.75) is 76.5 Å². The monoisotopic (exact) mass is 325 g/mol. The Morgan fingerprint density at radius 2 is 1.74 bits per heavy atom. The standard InChI is InChI=1S/C17H27NO5/c1-15(2,3)23-14(21)18-12(13(19)20)16-5-10-4-11(6-16)8-17(22,7-10)9-16/h10-12,22H,4-9H2,1-3H3,(H,18,21)(H,19,20)/t10-,11-,12+,16?,17?/m1/s1. The molecule has 0 aromatic heterocycles. The number of hydrogen-bond acceptors (Lipinski definition) is 4. The molecular formula is C17H27NO5. The number of aliphatic hydroxyl groups is 1. The average Bonchev–Trinajstić information content (AvgIpc) is 2.29. The zero-order chi connectivity index (χ0) is 17.0. The number of carboxylic acid groups (broad SMARTS) is 1. The predicted molar refractivity (Wildman–Crippen MR) is 82.9 cm³/mol. The van der Waals surface area contributed by atoms with Gasteiger partial charge >= 0.3 is 12.1 Å². The fourth-order valence-electron chi connectivity index (χ4n) is 5.52. The van der Waals surface area contributed by atoms with Gasteiger partial charge in [-0.1, -0.05) is 0 Å². The Morgan fingerprint density at radius 3 is 2.17 bits per heavy atom. The molecule has 4 fully saturated rings. The maximum atomic E-state index is 12.1. The maximum Gasteiger partial charge on any atom is 0.408 e. The maximum absolute atomic E-state index is 12.1. The van der Waals surface area contributed by atoms with Crippen LogP contribution in [0.2, 0.25) is 0 Å². The molecule has 3 N–H and O–H groups in total. The molecule has 4 saturated carbocycles. The van der Waals surface area contributed by atoms with Gasteiger partial charge in [0.15, 0.2) is 0 Å². The van der Waals surface area contributed by atoms with Crippen molar-refractivity contribution in [1.29, 1.82) is 0 Å². The molecule has 1 amide bonds. The first-order valence-electron chi connectivity index (χ1n) is 8.45. The van der Waals surface area contributed by atoms with Gasteiger partial charge in [-0.2, -0.15) is 0 Å². The second-order valence-corrected chi connectivity index (χ2v) is 8.97. The first-order chi connectivity index (χ1) is 10.5. The van der Waals surface area contributed by atoms with Crippen LogP contribution in [0.3, 0.4) is 0 Å². The molecule has 23 heavy (non-hydrogen) atoms. The van der Waals surface area contributed by atoms with Crippen LogP contribution in [0.4, 0.5) is 4.79 Å². The van der Waals surface area contributed by atoms with Crippen LogP contribution in [-0.2, 0) is 9.53 Å². The van der Waals surface area contributed by atoms with Crippen LogP contribution in [0, 0.1) is 17.3 Å². The van der Waals surface area contributed by atoms with Gasteiger partial charge in [0.2, 0.25) is 0 Å². The minimum Gasteiger partial charge on any atom is -0.480 e. The molecule has 4 rings (SSSR count). The molecule has 0 aromatic rings. The highest BCUT2D eigenvalue weighted by Gasteiger charge is 2.61. The van der Waals surface area contributed by atoms with Crippen LogP contribution < -0.4 is 5.32 Å². The quantitative estimate of drug-likeness (QED) is 0.740. The Balaban J connectivity index is 1.81. The summed E-state index contributed by atoms with van der Waals surface area (Å²) in [7, 11) is 0. The van der Waals surface area contributed by atoms with E-state index in [9.17, 15) is 19.8 Å². The van der Waals surface area contributed by atoms with Crippen molar-refractivity contribution >= 4 is 12.1 Å². The third-order valence-corrected chi connectivity index (χ3v) is 5.60. The summed E-state index contributed by atoms with van der Waals surface area (Å²) in [6.07, 6.45) is 3.89. The van der Waals surface area contributed by atoms with E-state index in [1.807, 2.05) is 0 Å². The number of carboxylic acids is 1. The van der Waals surface area contributed by atoms with Crippen molar-refractivity contribution in [1.82, 2.24) is 5.32 Å². The van der Waals surface area contributed by atoms with Crippen LogP contribution in [0.25, 0.3) is 0 Å². The summed E-state index contributed by atoms with van der Waals surface area (Å²) in [6.45, 7) is 5.24. The Bertz CT molecular complexity index is 510.